The molecule has 5 heteroatoms. The van der Waals surface area contributed by atoms with Gasteiger partial charge in [-0.15, -0.1) is 0 Å². The van der Waals surface area contributed by atoms with Crippen molar-refractivity contribution in [2.45, 2.75) is 18.6 Å². The van der Waals surface area contributed by atoms with Crippen molar-refractivity contribution in [3.8, 4) is 5.75 Å². The van der Waals surface area contributed by atoms with Crippen molar-refractivity contribution in [3.63, 3.8) is 0 Å². The first kappa shape index (κ1) is 13.8. The van der Waals surface area contributed by atoms with Gasteiger partial charge in [0, 0.05) is 4.47 Å². The SMILES string of the molecule is C[C@]1(CF)COC[C@@H](COc2ccc(Br)cc2)O1. The van der Waals surface area contributed by atoms with Crippen LogP contribution in [0.2, 0.25) is 0 Å². The third-order valence-corrected chi connectivity index (χ3v) is 3.22. The van der Waals surface area contributed by atoms with Gasteiger partial charge in [-0.05, 0) is 31.2 Å². The lowest BCUT2D eigenvalue weighted by molar-refractivity contribution is -0.202. The number of hydrogen-bond donors (Lipinski definition) is 0. The second-order valence-corrected chi connectivity index (χ2v) is 5.52. The van der Waals surface area contributed by atoms with Crippen molar-refractivity contribution >= 4 is 15.9 Å². The Morgan fingerprint density at radius 1 is 1.44 bits per heavy atom. The molecule has 1 aliphatic rings. The third-order valence-electron chi connectivity index (χ3n) is 2.69. The molecule has 1 aromatic rings. The molecule has 0 bridgehead atoms. The van der Waals surface area contributed by atoms with Gasteiger partial charge in [-0.3, -0.25) is 0 Å². The predicted molar refractivity (Wildman–Crippen MR) is 69.7 cm³/mol. The Balaban J connectivity index is 1.85. The molecule has 0 spiro atoms. The van der Waals surface area contributed by atoms with Gasteiger partial charge in [-0.1, -0.05) is 15.9 Å². The van der Waals surface area contributed by atoms with E-state index in [2.05, 4.69) is 15.9 Å². The minimum absolute atomic E-state index is 0.233. The Morgan fingerprint density at radius 2 is 2.17 bits per heavy atom. The molecule has 3 nitrogen and oxygen atoms in total. The molecule has 1 heterocycles. The van der Waals surface area contributed by atoms with Gasteiger partial charge in [0.15, 0.2) is 0 Å². The average Bonchev–Trinajstić information content (AvgIpc) is 2.38. The Labute approximate surface area is 114 Å². The van der Waals surface area contributed by atoms with Crippen LogP contribution in [0.4, 0.5) is 4.39 Å². The highest BCUT2D eigenvalue weighted by atomic mass is 79.9. The normalized spacial score (nSPS) is 28.1. The molecule has 2 atom stereocenters. The van der Waals surface area contributed by atoms with Crippen LogP contribution in [-0.4, -0.2) is 38.2 Å². The van der Waals surface area contributed by atoms with Crippen LogP contribution in [0, 0.1) is 0 Å². The second-order valence-electron chi connectivity index (χ2n) is 4.60. The van der Waals surface area contributed by atoms with E-state index in [1.54, 1.807) is 6.92 Å². The molecule has 2 rings (SSSR count). The largest absolute Gasteiger partial charge is 0.491 e. The molecule has 0 unspecified atom stereocenters. The number of alkyl halides is 1. The lowest BCUT2D eigenvalue weighted by Crippen LogP contribution is -2.48. The van der Waals surface area contributed by atoms with E-state index in [4.69, 9.17) is 14.2 Å². The first-order valence-electron chi connectivity index (χ1n) is 5.81. The van der Waals surface area contributed by atoms with E-state index in [0.29, 0.717) is 13.2 Å². The summed E-state index contributed by atoms with van der Waals surface area (Å²) in [4.78, 5) is 0. The topological polar surface area (TPSA) is 27.7 Å². The monoisotopic (exact) mass is 318 g/mol. The van der Waals surface area contributed by atoms with Crippen LogP contribution in [0.25, 0.3) is 0 Å². The van der Waals surface area contributed by atoms with Gasteiger partial charge in [0.1, 0.15) is 30.7 Å². The van der Waals surface area contributed by atoms with Gasteiger partial charge in [0.2, 0.25) is 0 Å². The molecular weight excluding hydrogens is 303 g/mol. The van der Waals surface area contributed by atoms with Crippen molar-refractivity contribution in [2.75, 3.05) is 26.5 Å². The van der Waals surface area contributed by atoms with Crippen LogP contribution in [0.3, 0.4) is 0 Å². The summed E-state index contributed by atoms with van der Waals surface area (Å²) < 4.78 is 30.4. The van der Waals surface area contributed by atoms with Crippen molar-refractivity contribution in [3.05, 3.63) is 28.7 Å². The van der Waals surface area contributed by atoms with E-state index in [9.17, 15) is 4.39 Å². The van der Waals surface area contributed by atoms with E-state index < -0.39 is 12.3 Å². The molecule has 100 valence electrons. The van der Waals surface area contributed by atoms with Crippen molar-refractivity contribution in [1.82, 2.24) is 0 Å². The summed E-state index contributed by atoms with van der Waals surface area (Å²) in [6, 6.07) is 7.53. The lowest BCUT2D eigenvalue weighted by Gasteiger charge is -2.36. The maximum atomic E-state index is 12.8. The second kappa shape index (κ2) is 5.99. The fraction of sp³-hybridized carbons (Fsp3) is 0.538. The Kier molecular flexibility index (Phi) is 4.59. The molecule has 0 N–H and O–H groups in total. The van der Waals surface area contributed by atoms with Crippen LogP contribution in [0.1, 0.15) is 6.92 Å². The summed E-state index contributed by atoms with van der Waals surface area (Å²) >= 11 is 3.36. The minimum atomic E-state index is -0.841. The van der Waals surface area contributed by atoms with Crippen LogP contribution in [0.15, 0.2) is 28.7 Å². The summed E-state index contributed by atoms with van der Waals surface area (Å²) in [6.07, 6.45) is -0.233. The molecule has 1 aromatic carbocycles. The number of hydrogen-bond acceptors (Lipinski definition) is 3. The van der Waals surface area contributed by atoms with E-state index in [1.165, 1.54) is 0 Å². The van der Waals surface area contributed by atoms with Gasteiger partial charge >= 0.3 is 0 Å². The van der Waals surface area contributed by atoms with E-state index >= 15 is 0 Å². The first-order chi connectivity index (χ1) is 8.61. The highest BCUT2D eigenvalue weighted by Crippen LogP contribution is 2.21. The van der Waals surface area contributed by atoms with Gasteiger partial charge < -0.3 is 14.2 Å². The predicted octanol–water partition coefficient (Wildman–Crippen LogP) is 2.97. The quantitative estimate of drug-likeness (QED) is 0.854. The Hall–Kier alpha value is -0.650. The fourth-order valence-corrected chi connectivity index (χ4v) is 2.01. The van der Waals surface area contributed by atoms with Crippen molar-refractivity contribution in [2.24, 2.45) is 0 Å². The van der Waals surface area contributed by atoms with Crippen LogP contribution < -0.4 is 4.74 Å². The molecule has 1 fully saturated rings. The standard InChI is InChI=1S/C13H16BrFO3/c1-13(8-15)9-16-6-12(18-13)7-17-11-4-2-10(14)3-5-11/h2-5,12H,6-9H2,1H3/t12-,13-/m0/s1. The summed E-state index contributed by atoms with van der Waals surface area (Å²) in [5.41, 5.74) is -0.841. The molecule has 0 radical (unpaired) electrons. The summed E-state index contributed by atoms with van der Waals surface area (Å²) in [6.45, 7) is 2.24. The van der Waals surface area contributed by atoms with E-state index in [-0.39, 0.29) is 12.7 Å². The molecule has 0 saturated carbocycles. The number of benzene rings is 1. The maximum absolute atomic E-state index is 12.8. The zero-order valence-corrected chi connectivity index (χ0v) is 11.8. The van der Waals surface area contributed by atoms with Gasteiger partial charge in [0.25, 0.3) is 0 Å². The Bertz CT molecular complexity index is 384. The molecule has 0 amide bonds. The summed E-state index contributed by atoms with van der Waals surface area (Å²) in [5.74, 6) is 0.759. The smallest absolute Gasteiger partial charge is 0.120 e. The number of rotatable bonds is 4. The highest BCUT2D eigenvalue weighted by molar-refractivity contribution is 9.10. The summed E-state index contributed by atoms with van der Waals surface area (Å²) in [7, 11) is 0. The summed E-state index contributed by atoms with van der Waals surface area (Å²) in [5, 5.41) is 0. The van der Waals surface area contributed by atoms with Gasteiger partial charge in [-0.2, -0.15) is 0 Å². The molecular formula is C13H16BrFO3. The zero-order valence-electron chi connectivity index (χ0n) is 10.2. The van der Waals surface area contributed by atoms with Crippen LogP contribution in [-0.2, 0) is 9.47 Å². The maximum Gasteiger partial charge on any atom is 0.120 e. The van der Waals surface area contributed by atoms with Crippen LogP contribution >= 0.6 is 15.9 Å². The first-order valence-corrected chi connectivity index (χ1v) is 6.60. The van der Waals surface area contributed by atoms with Crippen LogP contribution in [0.5, 0.6) is 5.75 Å². The number of ether oxygens (including phenoxy) is 3. The van der Waals surface area contributed by atoms with E-state index in [0.717, 1.165) is 10.2 Å². The molecule has 0 aliphatic carbocycles. The molecule has 1 aliphatic heterocycles. The molecule has 0 aromatic heterocycles. The van der Waals surface area contributed by atoms with Crippen molar-refractivity contribution < 1.29 is 18.6 Å². The molecule has 1 saturated heterocycles. The fourth-order valence-electron chi connectivity index (χ4n) is 1.75. The Morgan fingerprint density at radius 3 is 2.83 bits per heavy atom. The minimum Gasteiger partial charge on any atom is -0.491 e. The highest BCUT2D eigenvalue weighted by Gasteiger charge is 2.34. The van der Waals surface area contributed by atoms with Crippen molar-refractivity contribution in [1.29, 1.82) is 0 Å². The lowest BCUT2D eigenvalue weighted by atomic mass is 10.1. The molecule has 18 heavy (non-hydrogen) atoms. The number of halogens is 2. The van der Waals surface area contributed by atoms with E-state index in [1.807, 2.05) is 24.3 Å². The average molecular weight is 319 g/mol. The zero-order chi connectivity index (χ0) is 13.0. The van der Waals surface area contributed by atoms with Gasteiger partial charge in [0.05, 0.1) is 13.2 Å². The van der Waals surface area contributed by atoms with Gasteiger partial charge in [-0.25, -0.2) is 4.39 Å². The third kappa shape index (κ3) is 3.67.